The van der Waals surface area contributed by atoms with Crippen LogP contribution >= 0.6 is 0 Å². The molecule has 2 heterocycles. The average molecular weight is 378 g/mol. The highest BCUT2D eigenvalue weighted by atomic mass is 19.1. The number of carbonyl (C=O) groups is 3. The lowest BCUT2D eigenvalue weighted by molar-refractivity contribution is -0.123. The Morgan fingerprint density at radius 3 is 2.68 bits per heavy atom. The van der Waals surface area contributed by atoms with Crippen molar-refractivity contribution in [2.24, 2.45) is 0 Å². The second-order valence-corrected chi connectivity index (χ2v) is 6.60. The molecule has 1 aliphatic heterocycles. The van der Waals surface area contributed by atoms with E-state index in [2.05, 4.69) is 20.9 Å². The summed E-state index contributed by atoms with van der Waals surface area (Å²) in [7, 11) is 0. The van der Waals surface area contributed by atoms with Crippen LogP contribution in [0.15, 0.2) is 54.7 Å². The van der Waals surface area contributed by atoms with Gasteiger partial charge in [0.05, 0.1) is 5.56 Å². The molecule has 1 aliphatic rings. The zero-order chi connectivity index (χ0) is 19.9. The maximum Gasteiger partial charge on any atom is 0.322 e. The maximum atomic E-state index is 13.7. The van der Waals surface area contributed by atoms with Gasteiger partial charge in [-0.3, -0.25) is 19.9 Å². The van der Waals surface area contributed by atoms with E-state index in [1.54, 1.807) is 49.4 Å². The van der Waals surface area contributed by atoms with Gasteiger partial charge in [-0.15, -0.1) is 0 Å². The molecule has 7 nitrogen and oxygen atoms in total. The topological polar surface area (TPSA) is 100 Å². The van der Waals surface area contributed by atoms with E-state index in [4.69, 9.17) is 0 Å². The second-order valence-electron chi connectivity index (χ2n) is 6.60. The van der Waals surface area contributed by atoms with Gasteiger partial charge in [-0.2, -0.15) is 0 Å². The lowest BCUT2D eigenvalue weighted by Gasteiger charge is -2.21. The number of rotatable bonds is 3. The van der Waals surface area contributed by atoms with E-state index in [0.29, 0.717) is 16.6 Å². The summed E-state index contributed by atoms with van der Waals surface area (Å²) in [5.41, 5.74) is 0.197. The quantitative estimate of drug-likeness (QED) is 0.610. The summed E-state index contributed by atoms with van der Waals surface area (Å²) in [4.78, 5) is 40.2. The summed E-state index contributed by atoms with van der Waals surface area (Å²) < 4.78 is 13.7. The molecule has 1 aromatic heterocycles. The van der Waals surface area contributed by atoms with E-state index in [1.165, 1.54) is 12.3 Å². The average Bonchev–Trinajstić information content (AvgIpc) is 2.94. The highest BCUT2D eigenvalue weighted by molar-refractivity contribution is 6.08. The highest BCUT2D eigenvalue weighted by Gasteiger charge is 2.43. The number of amides is 4. The van der Waals surface area contributed by atoms with Crippen LogP contribution in [0.2, 0.25) is 0 Å². The zero-order valence-corrected chi connectivity index (χ0v) is 14.7. The van der Waals surface area contributed by atoms with Crippen molar-refractivity contribution in [3.63, 3.8) is 0 Å². The summed E-state index contributed by atoms with van der Waals surface area (Å²) >= 11 is 0. The fourth-order valence-electron chi connectivity index (χ4n) is 3.11. The molecule has 3 aromatic rings. The van der Waals surface area contributed by atoms with Crippen LogP contribution < -0.4 is 16.0 Å². The number of nitrogens with zero attached hydrogens (tertiary/aromatic N) is 1. The lowest BCUT2D eigenvalue weighted by atomic mass is 9.92. The van der Waals surface area contributed by atoms with Crippen LogP contribution in [-0.2, 0) is 10.3 Å². The number of carbonyl (C=O) groups excluding carboxylic acids is 3. The van der Waals surface area contributed by atoms with Crippen molar-refractivity contribution < 1.29 is 18.8 Å². The van der Waals surface area contributed by atoms with Gasteiger partial charge >= 0.3 is 6.03 Å². The Morgan fingerprint density at radius 1 is 1.14 bits per heavy atom. The van der Waals surface area contributed by atoms with Crippen LogP contribution in [0, 0.1) is 5.82 Å². The normalized spacial score (nSPS) is 18.6. The third-order valence-corrected chi connectivity index (χ3v) is 4.67. The van der Waals surface area contributed by atoms with E-state index in [9.17, 15) is 18.8 Å². The van der Waals surface area contributed by atoms with Gasteiger partial charge in [0.15, 0.2) is 0 Å². The first-order chi connectivity index (χ1) is 13.4. The number of hydrogen-bond acceptors (Lipinski definition) is 4. The van der Waals surface area contributed by atoms with Gasteiger partial charge in [0.25, 0.3) is 11.8 Å². The van der Waals surface area contributed by atoms with E-state index in [-0.39, 0.29) is 11.1 Å². The number of urea groups is 1. The molecule has 3 N–H and O–H groups in total. The van der Waals surface area contributed by atoms with Crippen LogP contribution in [0.1, 0.15) is 22.8 Å². The number of halogens is 1. The van der Waals surface area contributed by atoms with Crippen LogP contribution in [-0.4, -0.2) is 22.8 Å². The van der Waals surface area contributed by atoms with Crippen molar-refractivity contribution in [1.29, 1.82) is 0 Å². The molecule has 0 radical (unpaired) electrons. The second kappa shape index (κ2) is 6.41. The molecular formula is C20H15FN4O3. The third kappa shape index (κ3) is 2.94. The molecule has 1 unspecified atom stereocenters. The number of hydrogen-bond donors (Lipinski definition) is 3. The fourth-order valence-corrected chi connectivity index (χ4v) is 3.11. The molecule has 0 saturated carbocycles. The Labute approximate surface area is 159 Å². The number of aromatic nitrogens is 1. The molecular weight excluding hydrogens is 363 g/mol. The minimum absolute atomic E-state index is 0.192. The molecule has 1 fully saturated rings. The molecule has 140 valence electrons. The van der Waals surface area contributed by atoms with Crippen molar-refractivity contribution in [1.82, 2.24) is 15.6 Å². The molecule has 1 saturated heterocycles. The number of para-hydroxylation sites is 1. The first kappa shape index (κ1) is 17.6. The number of pyridine rings is 1. The lowest BCUT2D eigenvalue weighted by Crippen LogP contribution is -2.40. The molecule has 2 aromatic carbocycles. The molecule has 0 bridgehead atoms. The summed E-state index contributed by atoms with van der Waals surface area (Å²) in [6, 6.07) is 12.1. The van der Waals surface area contributed by atoms with Crippen LogP contribution in [0.25, 0.3) is 10.9 Å². The summed E-state index contributed by atoms with van der Waals surface area (Å²) in [6.45, 7) is 1.58. The van der Waals surface area contributed by atoms with E-state index < -0.39 is 29.2 Å². The highest BCUT2D eigenvalue weighted by Crippen LogP contribution is 2.27. The van der Waals surface area contributed by atoms with Crippen molar-refractivity contribution in [2.75, 3.05) is 5.32 Å². The number of anilines is 1. The van der Waals surface area contributed by atoms with Crippen molar-refractivity contribution in [2.45, 2.75) is 12.5 Å². The largest absolute Gasteiger partial charge is 0.322 e. The molecule has 0 spiro atoms. The van der Waals surface area contributed by atoms with Crippen LogP contribution in [0.4, 0.5) is 14.9 Å². The molecule has 4 rings (SSSR count). The Bertz CT molecular complexity index is 1150. The van der Waals surface area contributed by atoms with E-state index in [0.717, 1.165) is 0 Å². The van der Waals surface area contributed by atoms with Gasteiger partial charge in [-0.25, -0.2) is 9.18 Å². The van der Waals surface area contributed by atoms with Gasteiger partial charge in [-0.05, 0) is 36.8 Å². The Morgan fingerprint density at radius 2 is 1.93 bits per heavy atom. The standard InChI is InChI=1S/C20H15FN4O3/c1-20(18(27)24-19(28)25-20)13-5-3-6-14(9-13)23-17(26)12-8-11-4-2-7-15(21)16(11)22-10-12/h2-10H,1H3,(H,23,26)(H2,24,25,27,28). The number of nitrogens with one attached hydrogen (secondary N) is 3. The molecule has 0 aliphatic carbocycles. The third-order valence-electron chi connectivity index (χ3n) is 4.67. The smallest absolute Gasteiger partial charge is 0.322 e. The molecule has 1 atom stereocenters. The van der Waals surface area contributed by atoms with Crippen molar-refractivity contribution in [3.05, 3.63) is 71.7 Å². The molecule has 28 heavy (non-hydrogen) atoms. The monoisotopic (exact) mass is 378 g/mol. The van der Waals surface area contributed by atoms with Gasteiger partial charge in [0, 0.05) is 17.3 Å². The van der Waals surface area contributed by atoms with E-state index >= 15 is 0 Å². The van der Waals surface area contributed by atoms with Gasteiger partial charge in [-0.1, -0.05) is 24.3 Å². The number of imide groups is 1. The first-order valence-corrected chi connectivity index (χ1v) is 8.46. The Kier molecular flexibility index (Phi) is 4.03. The Balaban J connectivity index is 1.60. The first-order valence-electron chi connectivity index (χ1n) is 8.46. The minimum atomic E-state index is -1.22. The Hall–Kier alpha value is -3.81. The minimum Gasteiger partial charge on any atom is -0.322 e. The predicted molar refractivity (Wildman–Crippen MR) is 100 cm³/mol. The van der Waals surface area contributed by atoms with Crippen molar-refractivity contribution >= 4 is 34.4 Å². The van der Waals surface area contributed by atoms with Crippen LogP contribution in [0.5, 0.6) is 0 Å². The summed E-state index contributed by atoms with van der Waals surface area (Å²) in [5, 5.41) is 8.02. The zero-order valence-electron chi connectivity index (χ0n) is 14.7. The fraction of sp³-hybridized carbons (Fsp3) is 0.100. The number of fused-ring (bicyclic) bond motifs is 1. The molecule has 4 amide bonds. The maximum absolute atomic E-state index is 13.7. The summed E-state index contributed by atoms with van der Waals surface area (Å²) in [6.07, 6.45) is 1.30. The molecule has 8 heteroatoms. The van der Waals surface area contributed by atoms with Crippen molar-refractivity contribution in [3.8, 4) is 0 Å². The van der Waals surface area contributed by atoms with E-state index in [1.807, 2.05) is 0 Å². The summed E-state index contributed by atoms with van der Waals surface area (Å²) in [5.74, 6) is -1.36. The van der Waals surface area contributed by atoms with Gasteiger partial charge in [0.1, 0.15) is 16.9 Å². The SMILES string of the molecule is CC1(c2cccc(NC(=O)c3cnc4c(F)cccc4c3)c2)NC(=O)NC1=O. The number of benzene rings is 2. The predicted octanol–water partition coefficient (Wildman–Crippen LogP) is 2.68. The van der Waals surface area contributed by atoms with Gasteiger partial charge in [0.2, 0.25) is 0 Å². The van der Waals surface area contributed by atoms with Crippen LogP contribution in [0.3, 0.4) is 0 Å². The van der Waals surface area contributed by atoms with Gasteiger partial charge < -0.3 is 10.6 Å².